The summed E-state index contributed by atoms with van der Waals surface area (Å²) in [6.07, 6.45) is 0. The average Bonchev–Trinajstić information content (AvgIpc) is 2.38. The lowest BCUT2D eigenvalue weighted by Gasteiger charge is -2.10. The summed E-state index contributed by atoms with van der Waals surface area (Å²) in [5.41, 5.74) is 2.29. The van der Waals surface area contributed by atoms with Crippen molar-refractivity contribution in [3.63, 3.8) is 0 Å². The molecule has 3 N–H and O–H groups in total. The van der Waals surface area contributed by atoms with Crippen molar-refractivity contribution >= 4 is 29.9 Å². The van der Waals surface area contributed by atoms with Gasteiger partial charge < -0.3 is 15.4 Å². The molecule has 5 heteroatoms. The van der Waals surface area contributed by atoms with Crippen LogP contribution in [-0.4, -0.2) is 17.2 Å². The summed E-state index contributed by atoms with van der Waals surface area (Å²) in [6.45, 7) is 0.523. The van der Waals surface area contributed by atoms with Gasteiger partial charge in [-0.25, -0.2) is 0 Å². The van der Waals surface area contributed by atoms with E-state index in [9.17, 15) is 10.0 Å². The molecule has 3 nitrogen and oxygen atoms in total. The van der Waals surface area contributed by atoms with Crippen LogP contribution in [0.2, 0.25) is 5.02 Å². The molecule has 0 aromatic heterocycles. The smallest absolute Gasteiger partial charge is 0.423 e. The maximum absolute atomic E-state index is 9.25. The largest absolute Gasteiger partial charge is 0.488 e. The first-order valence-electron chi connectivity index (χ1n) is 5.60. The van der Waals surface area contributed by atoms with Gasteiger partial charge in [0.2, 0.25) is 0 Å². The van der Waals surface area contributed by atoms with Crippen molar-refractivity contribution in [3.05, 3.63) is 59.1 Å². The fourth-order valence-electron chi connectivity index (χ4n) is 1.71. The van der Waals surface area contributed by atoms with Gasteiger partial charge in [-0.2, -0.15) is 0 Å². The van der Waals surface area contributed by atoms with E-state index in [1.54, 1.807) is 24.3 Å². The summed E-state index contributed by atoms with van der Waals surface area (Å²) in [6, 6.07) is 14.6. The van der Waals surface area contributed by atoms with E-state index in [1.807, 2.05) is 24.3 Å². The Morgan fingerprint density at radius 3 is 2.33 bits per heavy atom. The predicted molar refractivity (Wildman–Crippen MR) is 75.0 cm³/mol. The molecule has 0 heterocycles. The minimum absolute atomic E-state index is 0.513. The van der Waals surface area contributed by atoms with Crippen LogP contribution in [-0.2, 0) is 6.54 Å². The molecule has 18 heavy (non-hydrogen) atoms. The SMILES string of the molecule is OB(O)c1ccccc1CNc1ccc(Cl)cc1. The van der Waals surface area contributed by atoms with Crippen LogP contribution in [0.4, 0.5) is 5.69 Å². The highest BCUT2D eigenvalue weighted by molar-refractivity contribution is 6.59. The molecule has 0 unspecified atom stereocenters. The van der Waals surface area contributed by atoms with Gasteiger partial charge in [0.05, 0.1) is 0 Å². The molecule has 0 aliphatic heterocycles. The molecule has 0 bridgehead atoms. The molecule has 2 aromatic rings. The number of rotatable bonds is 4. The lowest BCUT2D eigenvalue weighted by Crippen LogP contribution is -2.33. The first-order valence-corrected chi connectivity index (χ1v) is 5.98. The van der Waals surface area contributed by atoms with Crippen LogP contribution in [0.15, 0.2) is 48.5 Å². The molecule has 0 aliphatic rings. The first-order chi connectivity index (χ1) is 8.66. The highest BCUT2D eigenvalue weighted by atomic mass is 35.5. The highest BCUT2D eigenvalue weighted by Gasteiger charge is 2.14. The van der Waals surface area contributed by atoms with Crippen molar-refractivity contribution in [3.8, 4) is 0 Å². The third kappa shape index (κ3) is 3.26. The Balaban J connectivity index is 2.08. The van der Waals surface area contributed by atoms with Crippen molar-refractivity contribution in [2.24, 2.45) is 0 Å². The van der Waals surface area contributed by atoms with Gasteiger partial charge in [0.15, 0.2) is 0 Å². The van der Waals surface area contributed by atoms with E-state index in [0.29, 0.717) is 17.0 Å². The van der Waals surface area contributed by atoms with Gasteiger partial charge in [-0.1, -0.05) is 35.9 Å². The zero-order valence-corrected chi connectivity index (χ0v) is 10.4. The Labute approximate surface area is 111 Å². The molecule has 2 rings (SSSR count). The maximum Gasteiger partial charge on any atom is 0.488 e. The molecule has 2 aromatic carbocycles. The molecule has 0 spiro atoms. The highest BCUT2D eigenvalue weighted by Crippen LogP contribution is 2.14. The molecular formula is C13H13BClNO2. The third-order valence-corrected chi connectivity index (χ3v) is 2.91. The first kappa shape index (κ1) is 13.0. The third-order valence-electron chi connectivity index (χ3n) is 2.66. The van der Waals surface area contributed by atoms with Gasteiger partial charge in [0.1, 0.15) is 0 Å². The topological polar surface area (TPSA) is 52.5 Å². The van der Waals surface area contributed by atoms with Crippen LogP contribution in [0, 0.1) is 0 Å². The van der Waals surface area contributed by atoms with E-state index in [4.69, 9.17) is 11.6 Å². The summed E-state index contributed by atoms with van der Waals surface area (Å²) in [4.78, 5) is 0. The molecule has 0 radical (unpaired) electrons. The van der Waals surface area contributed by atoms with Gasteiger partial charge in [0.25, 0.3) is 0 Å². The van der Waals surface area contributed by atoms with Gasteiger partial charge in [-0.05, 0) is 35.3 Å². The number of hydrogen-bond donors (Lipinski definition) is 3. The van der Waals surface area contributed by atoms with Crippen molar-refractivity contribution in [2.45, 2.75) is 6.54 Å². The van der Waals surface area contributed by atoms with Gasteiger partial charge >= 0.3 is 7.12 Å². The fourth-order valence-corrected chi connectivity index (χ4v) is 1.84. The zero-order chi connectivity index (χ0) is 13.0. The Morgan fingerprint density at radius 2 is 1.67 bits per heavy atom. The van der Waals surface area contributed by atoms with E-state index in [-0.39, 0.29) is 0 Å². The van der Waals surface area contributed by atoms with Gasteiger partial charge in [-0.3, -0.25) is 0 Å². The summed E-state index contributed by atoms with van der Waals surface area (Å²) in [5.74, 6) is 0. The van der Waals surface area contributed by atoms with Crippen LogP contribution in [0.5, 0.6) is 0 Å². The minimum atomic E-state index is -1.45. The number of halogens is 1. The second kappa shape index (κ2) is 5.91. The Hall–Kier alpha value is -1.49. The van der Waals surface area contributed by atoms with Gasteiger partial charge in [0, 0.05) is 17.3 Å². The number of benzene rings is 2. The number of nitrogens with one attached hydrogen (secondary N) is 1. The van der Waals surface area contributed by atoms with Crippen LogP contribution in [0.3, 0.4) is 0 Å². The minimum Gasteiger partial charge on any atom is -0.423 e. The van der Waals surface area contributed by atoms with Crippen molar-refractivity contribution in [1.82, 2.24) is 0 Å². The molecule has 0 saturated carbocycles. The predicted octanol–water partition coefficient (Wildman–Crippen LogP) is 1.63. The normalized spacial score (nSPS) is 10.2. The summed E-state index contributed by atoms with van der Waals surface area (Å²) in [5, 5.41) is 22.4. The molecule has 0 amide bonds. The second-order valence-corrected chi connectivity index (χ2v) is 4.37. The van der Waals surface area contributed by atoms with Crippen LogP contribution >= 0.6 is 11.6 Å². The van der Waals surface area contributed by atoms with Crippen LogP contribution < -0.4 is 10.8 Å². The van der Waals surface area contributed by atoms with Crippen molar-refractivity contribution < 1.29 is 10.0 Å². The van der Waals surface area contributed by atoms with E-state index < -0.39 is 7.12 Å². The zero-order valence-electron chi connectivity index (χ0n) is 9.68. The van der Waals surface area contributed by atoms with Crippen molar-refractivity contribution in [1.29, 1.82) is 0 Å². The van der Waals surface area contributed by atoms with Crippen molar-refractivity contribution in [2.75, 3.05) is 5.32 Å². The number of hydrogen-bond acceptors (Lipinski definition) is 3. The second-order valence-electron chi connectivity index (χ2n) is 3.93. The molecule has 0 aliphatic carbocycles. The lowest BCUT2D eigenvalue weighted by atomic mass is 9.77. The summed E-state index contributed by atoms with van der Waals surface area (Å²) >= 11 is 5.80. The van der Waals surface area contributed by atoms with E-state index in [0.717, 1.165) is 11.3 Å². The lowest BCUT2D eigenvalue weighted by molar-refractivity contribution is 0.425. The quantitative estimate of drug-likeness (QED) is 0.733. The Kier molecular flexibility index (Phi) is 4.26. The molecular weight excluding hydrogens is 248 g/mol. The monoisotopic (exact) mass is 261 g/mol. The fraction of sp³-hybridized carbons (Fsp3) is 0.0769. The summed E-state index contributed by atoms with van der Waals surface area (Å²) < 4.78 is 0. The average molecular weight is 262 g/mol. The van der Waals surface area contributed by atoms with Crippen LogP contribution in [0.25, 0.3) is 0 Å². The van der Waals surface area contributed by atoms with E-state index >= 15 is 0 Å². The van der Waals surface area contributed by atoms with Crippen LogP contribution in [0.1, 0.15) is 5.56 Å². The Morgan fingerprint density at radius 1 is 1.00 bits per heavy atom. The maximum atomic E-state index is 9.25. The molecule has 0 saturated heterocycles. The standard InChI is InChI=1S/C13H13BClNO2/c15-11-5-7-12(8-6-11)16-9-10-3-1-2-4-13(10)14(17)18/h1-8,16-18H,9H2. The summed E-state index contributed by atoms with van der Waals surface area (Å²) in [7, 11) is -1.45. The van der Waals surface area contributed by atoms with E-state index in [2.05, 4.69) is 5.32 Å². The van der Waals surface area contributed by atoms with E-state index in [1.165, 1.54) is 0 Å². The number of anilines is 1. The molecule has 92 valence electrons. The molecule has 0 fully saturated rings. The molecule has 0 atom stereocenters. The van der Waals surface area contributed by atoms with Gasteiger partial charge in [-0.15, -0.1) is 0 Å². The Bertz CT molecular complexity index is 517.